The molecule has 0 aromatic heterocycles. The third-order valence-corrected chi connectivity index (χ3v) is 5.49. The number of hydrogen-bond donors (Lipinski definition) is 4. The smallest absolute Gasteiger partial charge is 0.305 e. The van der Waals surface area contributed by atoms with Gasteiger partial charge in [-0.1, -0.05) is 42.5 Å². The number of nitrogens with one attached hydrogen (secondary N) is 1. The molecule has 34 heavy (non-hydrogen) atoms. The molecule has 9 heteroatoms. The molecule has 1 aliphatic rings. The number of fused-ring (bicyclic) bond motifs is 1. The Hall–Kier alpha value is -4.66. The monoisotopic (exact) mass is 457 g/mol. The molecule has 3 aromatic rings. The first-order valence-corrected chi connectivity index (χ1v) is 10.5. The Labute approximate surface area is 195 Å². The van der Waals surface area contributed by atoms with Crippen LogP contribution < -0.4 is 16.8 Å². The number of guanidine groups is 1. The molecule has 1 heterocycles. The number of nitrogens with two attached hydrogens (primary N) is 2. The average molecular weight is 457 g/mol. The van der Waals surface area contributed by atoms with E-state index in [2.05, 4.69) is 10.3 Å². The second kappa shape index (κ2) is 9.45. The van der Waals surface area contributed by atoms with Gasteiger partial charge in [-0.3, -0.25) is 14.4 Å². The summed E-state index contributed by atoms with van der Waals surface area (Å²) < 4.78 is 0. The third-order valence-electron chi connectivity index (χ3n) is 5.49. The topological polar surface area (TPSA) is 151 Å². The summed E-state index contributed by atoms with van der Waals surface area (Å²) in [4.78, 5) is 43.0. The molecular weight excluding hydrogens is 434 g/mol. The highest BCUT2D eigenvalue weighted by Gasteiger charge is 2.34. The number of nitrogens with zero attached hydrogens (tertiary/aromatic N) is 2. The van der Waals surface area contributed by atoms with E-state index in [1.165, 1.54) is 0 Å². The van der Waals surface area contributed by atoms with Crippen molar-refractivity contribution in [2.45, 2.75) is 19.0 Å². The van der Waals surface area contributed by atoms with Crippen molar-refractivity contribution >= 4 is 35.1 Å². The number of carbonyl (C=O) groups is 3. The fraction of sp³-hybridized carbons (Fsp3) is 0.120. The predicted molar refractivity (Wildman–Crippen MR) is 128 cm³/mol. The summed E-state index contributed by atoms with van der Waals surface area (Å²) in [7, 11) is 0. The molecule has 6 N–H and O–H groups in total. The number of anilines is 1. The van der Waals surface area contributed by atoms with Gasteiger partial charge in [0.15, 0.2) is 5.96 Å². The van der Waals surface area contributed by atoms with Crippen molar-refractivity contribution in [2.75, 3.05) is 5.32 Å². The molecule has 172 valence electrons. The van der Waals surface area contributed by atoms with Gasteiger partial charge in [0.25, 0.3) is 11.8 Å². The van der Waals surface area contributed by atoms with Gasteiger partial charge in [0.2, 0.25) is 0 Å². The quantitative estimate of drug-likeness (QED) is 0.316. The van der Waals surface area contributed by atoms with Gasteiger partial charge in [-0.05, 0) is 41.5 Å². The van der Waals surface area contributed by atoms with Crippen LogP contribution in [0.1, 0.15) is 44.3 Å². The Bertz CT molecular complexity index is 1290. The lowest BCUT2D eigenvalue weighted by atomic mass is 10.0. The van der Waals surface area contributed by atoms with Crippen molar-refractivity contribution in [1.29, 1.82) is 0 Å². The first kappa shape index (κ1) is 22.5. The van der Waals surface area contributed by atoms with Crippen LogP contribution in [0.4, 0.5) is 11.4 Å². The van der Waals surface area contributed by atoms with Gasteiger partial charge in [0, 0.05) is 23.4 Å². The van der Waals surface area contributed by atoms with Crippen LogP contribution in [0.15, 0.2) is 77.8 Å². The first-order valence-electron chi connectivity index (χ1n) is 10.5. The second-order valence-electron chi connectivity index (χ2n) is 7.87. The van der Waals surface area contributed by atoms with E-state index in [0.717, 1.165) is 11.1 Å². The van der Waals surface area contributed by atoms with E-state index in [0.29, 0.717) is 22.5 Å². The van der Waals surface area contributed by atoms with Gasteiger partial charge >= 0.3 is 5.97 Å². The van der Waals surface area contributed by atoms with Gasteiger partial charge in [0.1, 0.15) is 0 Å². The maximum absolute atomic E-state index is 13.2. The molecule has 1 atom stereocenters. The van der Waals surface area contributed by atoms with Crippen LogP contribution in [0.3, 0.4) is 0 Å². The summed E-state index contributed by atoms with van der Waals surface area (Å²) in [5.41, 5.74) is 14.0. The Morgan fingerprint density at radius 3 is 2.50 bits per heavy atom. The maximum Gasteiger partial charge on any atom is 0.305 e. The largest absolute Gasteiger partial charge is 0.481 e. The van der Waals surface area contributed by atoms with Crippen LogP contribution >= 0.6 is 0 Å². The molecule has 2 amide bonds. The van der Waals surface area contributed by atoms with Crippen molar-refractivity contribution < 1.29 is 19.5 Å². The highest BCUT2D eigenvalue weighted by molar-refractivity contribution is 6.06. The first-order chi connectivity index (χ1) is 16.3. The predicted octanol–water partition coefficient (Wildman–Crippen LogP) is 3.02. The summed E-state index contributed by atoms with van der Waals surface area (Å²) in [6.07, 6.45) is -0.209. The van der Waals surface area contributed by atoms with Gasteiger partial charge in [-0.2, -0.15) is 0 Å². The van der Waals surface area contributed by atoms with E-state index in [4.69, 9.17) is 11.5 Å². The highest BCUT2D eigenvalue weighted by Crippen LogP contribution is 2.34. The Morgan fingerprint density at radius 2 is 1.79 bits per heavy atom. The molecule has 4 rings (SSSR count). The number of hydrogen-bond acceptors (Lipinski definition) is 4. The van der Waals surface area contributed by atoms with Crippen LogP contribution in [0.5, 0.6) is 0 Å². The summed E-state index contributed by atoms with van der Waals surface area (Å²) in [6, 6.07) is 20.1. The maximum atomic E-state index is 13.2. The normalized spacial score (nSPS) is 13.2. The number of carboxylic acids is 1. The summed E-state index contributed by atoms with van der Waals surface area (Å²) in [5, 5.41) is 12.2. The van der Waals surface area contributed by atoms with E-state index in [1.807, 2.05) is 30.3 Å². The molecule has 3 aromatic carbocycles. The van der Waals surface area contributed by atoms with Crippen molar-refractivity contribution in [3.63, 3.8) is 0 Å². The second-order valence-corrected chi connectivity index (χ2v) is 7.87. The molecule has 0 spiro atoms. The molecule has 0 bridgehead atoms. The highest BCUT2D eigenvalue weighted by atomic mass is 16.4. The third kappa shape index (κ3) is 4.88. The van der Waals surface area contributed by atoms with E-state index >= 15 is 0 Å². The van der Waals surface area contributed by atoms with Crippen molar-refractivity contribution in [2.24, 2.45) is 16.5 Å². The summed E-state index contributed by atoms with van der Waals surface area (Å²) >= 11 is 0. The average Bonchev–Trinajstić information content (AvgIpc) is 3.13. The van der Waals surface area contributed by atoms with Gasteiger partial charge < -0.3 is 26.8 Å². The SMILES string of the molecule is NC(N)=Nc1cccc(C(=O)Nc2ccc3c(c2)C(=O)N(C(CC(=O)O)c2ccccc2)C3)c1. The molecule has 0 radical (unpaired) electrons. The van der Waals surface area contributed by atoms with Crippen LogP contribution in [-0.4, -0.2) is 33.7 Å². The van der Waals surface area contributed by atoms with E-state index in [-0.39, 0.29) is 30.7 Å². The van der Waals surface area contributed by atoms with Crippen molar-refractivity contribution in [3.8, 4) is 0 Å². The van der Waals surface area contributed by atoms with E-state index in [1.54, 1.807) is 47.4 Å². The minimum Gasteiger partial charge on any atom is -0.481 e. The minimum atomic E-state index is -0.992. The number of rotatable bonds is 7. The fourth-order valence-corrected chi connectivity index (χ4v) is 3.97. The van der Waals surface area contributed by atoms with Crippen LogP contribution in [-0.2, 0) is 11.3 Å². The molecule has 1 aliphatic heterocycles. The van der Waals surface area contributed by atoms with Crippen LogP contribution in [0.25, 0.3) is 0 Å². The van der Waals surface area contributed by atoms with Gasteiger partial charge in [0.05, 0.1) is 18.2 Å². The van der Waals surface area contributed by atoms with Crippen molar-refractivity contribution in [3.05, 3.63) is 95.1 Å². The summed E-state index contributed by atoms with van der Waals surface area (Å²) in [5.74, 6) is -1.77. The van der Waals surface area contributed by atoms with Gasteiger partial charge in [-0.15, -0.1) is 0 Å². The zero-order chi connectivity index (χ0) is 24.2. The lowest BCUT2D eigenvalue weighted by Gasteiger charge is -2.27. The number of amides is 2. The molecule has 0 saturated heterocycles. The van der Waals surface area contributed by atoms with Gasteiger partial charge in [-0.25, -0.2) is 4.99 Å². The minimum absolute atomic E-state index is 0.115. The van der Waals surface area contributed by atoms with Crippen LogP contribution in [0, 0.1) is 0 Å². The standard InChI is InChI=1S/C25H23N5O4/c26-25(27)29-18-8-4-7-16(11-18)23(33)28-19-10-9-17-14-30(24(34)20(17)12-19)21(13-22(31)32)15-5-2-1-3-6-15/h1-12,21H,13-14H2,(H,28,33)(H,31,32)(H4,26,27,29). The zero-order valence-electron chi connectivity index (χ0n) is 18.1. The Kier molecular flexibility index (Phi) is 6.26. The van der Waals surface area contributed by atoms with Crippen molar-refractivity contribution in [1.82, 2.24) is 4.90 Å². The Morgan fingerprint density at radius 1 is 1.03 bits per heavy atom. The molecule has 0 fully saturated rings. The number of carboxylic acid groups (broad SMARTS) is 1. The molecule has 0 aliphatic carbocycles. The number of benzene rings is 3. The Balaban J connectivity index is 1.55. The lowest BCUT2D eigenvalue weighted by molar-refractivity contribution is -0.138. The summed E-state index contributed by atoms with van der Waals surface area (Å²) in [6.45, 7) is 0.287. The van der Waals surface area contributed by atoms with Crippen LogP contribution in [0.2, 0.25) is 0 Å². The molecular formula is C25H23N5O4. The van der Waals surface area contributed by atoms with E-state index < -0.39 is 12.0 Å². The lowest BCUT2D eigenvalue weighted by Crippen LogP contribution is -2.30. The number of carbonyl (C=O) groups excluding carboxylic acids is 2. The van der Waals surface area contributed by atoms with E-state index in [9.17, 15) is 19.5 Å². The zero-order valence-corrected chi connectivity index (χ0v) is 18.1. The molecule has 1 unspecified atom stereocenters. The molecule has 0 saturated carbocycles. The number of aliphatic imine (C=N–C) groups is 1. The fourth-order valence-electron chi connectivity index (χ4n) is 3.97. The number of aliphatic carboxylic acids is 1. The molecule has 9 nitrogen and oxygen atoms in total.